The average Bonchev–Trinajstić information content (AvgIpc) is 3.11. The predicted octanol–water partition coefficient (Wildman–Crippen LogP) is 4.25. The minimum atomic E-state index is -0.375. The Hall–Kier alpha value is -2.86. The van der Waals surface area contributed by atoms with Gasteiger partial charge < -0.3 is 14.0 Å². The summed E-state index contributed by atoms with van der Waals surface area (Å²) >= 11 is 5.89. The van der Waals surface area contributed by atoms with E-state index in [0.29, 0.717) is 28.9 Å². The van der Waals surface area contributed by atoms with E-state index in [4.69, 9.17) is 25.6 Å². The zero-order valence-corrected chi connectivity index (χ0v) is 15.1. The van der Waals surface area contributed by atoms with Gasteiger partial charge in [-0.15, -0.1) is 0 Å². The van der Waals surface area contributed by atoms with Crippen molar-refractivity contribution in [1.82, 2.24) is 10.1 Å². The van der Waals surface area contributed by atoms with Crippen molar-refractivity contribution in [3.8, 4) is 22.9 Å². The first-order chi connectivity index (χ1) is 12.5. The lowest BCUT2D eigenvalue weighted by Gasteiger charge is -2.06. The second kappa shape index (κ2) is 8.01. The van der Waals surface area contributed by atoms with E-state index in [1.165, 1.54) is 0 Å². The van der Waals surface area contributed by atoms with Crippen molar-refractivity contribution >= 4 is 17.6 Å². The molecule has 1 aromatic heterocycles. The highest BCUT2D eigenvalue weighted by atomic mass is 35.5. The molecule has 2 aromatic carbocycles. The van der Waals surface area contributed by atoms with Crippen LogP contribution in [0.15, 0.2) is 47.0 Å². The number of carbonyl (C=O) groups excluding carboxylic acids is 1. The minimum Gasteiger partial charge on any atom is -0.497 e. The molecule has 0 radical (unpaired) electrons. The molecular formula is C19H17ClN2O4. The number of halogens is 1. The smallest absolute Gasteiger partial charge is 0.311 e. The number of esters is 1. The van der Waals surface area contributed by atoms with Crippen molar-refractivity contribution in [2.45, 2.75) is 19.8 Å². The van der Waals surface area contributed by atoms with Crippen molar-refractivity contribution in [3.05, 3.63) is 58.9 Å². The molecule has 26 heavy (non-hydrogen) atoms. The summed E-state index contributed by atoms with van der Waals surface area (Å²) in [6.07, 6.45) is 0.431. The molecule has 0 aliphatic carbocycles. The van der Waals surface area contributed by atoms with Crippen LogP contribution in [0.3, 0.4) is 0 Å². The fourth-order valence-corrected chi connectivity index (χ4v) is 2.55. The number of carbonyl (C=O) groups is 1. The van der Waals surface area contributed by atoms with Gasteiger partial charge in [-0.3, -0.25) is 4.79 Å². The van der Waals surface area contributed by atoms with Crippen molar-refractivity contribution in [2.24, 2.45) is 0 Å². The molecule has 0 aliphatic heterocycles. The van der Waals surface area contributed by atoms with E-state index in [2.05, 4.69) is 10.1 Å². The first-order valence-electron chi connectivity index (χ1n) is 7.99. The fourth-order valence-electron chi connectivity index (χ4n) is 2.32. The third-order valence-corrected chi connectivity index (χ3v) is 3.96. The highest BCUT2D eigenvalue weighted by molar-refractivity contribution is 6.30. The third kappa shape index (κ3) is 4.40. The van der Waals surface area contributed by atoms with Crippen LogP contribution in [-0.2, 0) is 11.2 Å². The van der Waals surface area contributed by atoms with Gasteiger partial charge in [-0.2, -0.15) is 4.98 Å². The number of methoxy groups -OCH3 is 1. The second-order valence-corrected chi connectivity index (χ2v) is 6.06. The van der Waals surface area contributed by atoms with Crippen molar-refractivity contribution < 1.29 is 18.8 Å². The molecule has 0 saturated heterocycles. The Morgan fingerprint density at radius 3 is 2.65 bits per heavy atom. The highest BCUT2D eigenvalue weighted by Gasteiger charge is 2.13. The van der Waals surface area contributed by atoms with Crippen LogP contribution in [-0.4, -0.2) is 23.2 Å². The molecule has 7 heteroatoms. The Balaban J connectivity index is 1.58. The third-order valence-electron chi connectivity index (χ3n) is 3.72. The van der Waals surface area contributed by atoms with Crippen molar-refractivity contribution in [3.63, 3.8) is 0 Å². The van der Waals surface area contributed by atoms with E-state index in [1.807, 2.05) is 31.2 Å². The summed E-state index contributed by atoms with van der Waals surface area (Å²) in [5.41, 5.74) is 1.60. The molecule has 3 aromatic rings. The van der Waals surface area contributed by atoms with Gasteiger partial charge in [0.05, 0.1) is 13.5 Å². The lowest BCUT2D eigenvalue weighted by molar-refractivity contribution is -0.134. The Morgan fingerprint density at radius 1 is 1.19 bits per heavy atom. The molecule has 0 bridgehead atoms. The molecule has 0 unspecified atom stereocenters. The monoisotopic (exact) mass is 372 g/mol. The number of hydrogen-bond donors (Lipinski definition) is 0. The van der Waals surface area contributed by atoms with Crippen LogP contribution in [0.1, 0.15) is 17.9 Å². The Labute approximate surface area is 155 Å². The van der Waals surface area contributed by atoms with Gasteiger partial charge in [0.1, 0.15) is 11.5 Å². The number of ether oxygens (including phenoxy) is 2. The zero-order valence-electron chi connectivity index (χ0n) is 14.4. The summed E-state index contributed by atoms with van der Waals surface area (Å²) in [4.78, 5) is 16.3. The highest BCUT2D eigenvalue weighted by Crippen LogP contribution is 2.23. The predicted molar refractivity (Wildman–Crippen MR) is 96.4 cm³/mol. The number of aryl methyl sites for hydroxylation is 2. The van der Waals surface area contributed by atoms with Crippen LogP contribution < -0.4 is 9.47 Å². The summed E-state index contributed by atoms with van der Waals surface area (Å²) in [5, 5.41) is 4.53. The van der Waals surface area contributed by atoms with Crippen LogP contribution in [0, 0.1) is 6.92 Å². The van der Waals surface area contributed by atoms with E-state index in [0.717, 1.165) is 16.9 Å². The number of hydrogen-bond acceptors (Lipinski definition) is 6. The first-order valence-corrected chi connectivity index (χ1v) is 8.37. The van der Waals surface area contributed by atoms with Gasteiger partial charge in [0.2, 0.25) is 11.7 Å². The molecule has 0 amide bonds. The van der Waals surface area contributed by atoms with Gasteiger partial charge in [0.15, 0.2) is 0 Å². The molecule has 0 N–H and O–H groups in total. The lowest BCUT2D eigenvalue weighted by atomic mass is 10.2. The van der Waals surface area contributed by atoms with E-state index < -0.39 is 0 Å². The summed E-state index contributed by atoms with van der Waals surface area (Å²) in [7, 11) is 1.60. The quantitative estimate of drug-likeness (QED) is 0.475. The fraction of sp³-hybridized carbons (Fsp3) is 0.211. The molecule has 0 fully saturated rings. The van der Waals surface area contributed by atoms with Crippen LogP contribution in [0.2, 0.25) is 5.02 Å². The summed E-state index contributed by atoms with van der Waals surface area (Å²) in [6, 6.07) is 12.4. The molecule has 134 valence electrons. The molecule has 0 atom stereocenters. The normalized spacial score (nSPS) is 10.6. The maximum atomic E-state index is 12.0. The van der Waals surface area contributed by atoms with Crippen LogP contribution in [0.4, 0.5) is 0 Å². The van der Waals surface area contributed by atoms with E-state index in [-0.39, 0.29) is 12.4 Å². The van der Waals surface area contributed by atoms with Gasteiger partial charge in [0, 0.05) is 17.0 Å². The zero-order chi connectivity index (χ0) is 18.5. The molecule has 0 aliphatic rings. The molecule has 0 saturated carbocycles. The van der Waals surface area contributed by atoms with Gasteiger partial charge in [0.25, 0.3) is 0 Å². The minimum absolute atomic E-state index is 0.131. The summed E-state index contributed by atoms with van der Waals surface area (Å²) < 4.78 is 15.7. The summed E-state index contributed by atoms with van der Waals surface area (Å²) in [6.45, 7) is 1.83. The lowest BCUT2D eigenvalue weighted by Crippen LogP contribution is -2.10. The number of benzene rings is 2. The van der Waals surface area contributed by atoms with Crippen LogP contribution in [0.25, 0.3) is 11.4 Å². The van der Waals surface area contributed by atoms with E-state index >= 15 is 0 Å². The van der Waals surface area contributed by atoms with Crippen molar-refractivity contribution in [1.29, 1.82) is 0 Å². The first kappa shape index (κ1) is 17.9. The average molecular weight is 373 g/mol. The maximum absolute atomic E-state index is 12.0. The Morgan fingerprint density at radius 2 is 1.96 bits per heavy atom. The van der Waals surface area contributed by atoms with Gasteiger partial charge >= 0.3 is 5.97 Å². The topological polar surface area (TPSA) is 74.5 Å². The molecular weight excluding hydrogens is 356 g/mol. The summed E-state index contributed by atoms with van der Waals surface area (Å²) in [5.74, 6) is 1.70. The van der Waals surface area contributed by atoms with Crippen LogP contribution in [0.5, 0.6) is 11.5 Å². The molecule has 6 nitrogen and oxygen atoms in total. The van der Waals surface area contributed by atoms with E-state index in [1.54, 1.807) is 25.3 Å². The molecule has 0 spiro atoms. The number of rotatable bonds is 6. The largest absolute Gasteiger partial charge is 0.497 e. The SMILES string of the molecule is COc1ccc(-c2noc(CCC(=O)Oc3ccc(Cl)cc3C)n2)cc1. The molecule has 3 rings (SSSR count). The maximum Gasteiger partial charge on any atom is 0.311 e. The van der Waals surface area contributed by atoms with Crippen molar-refractivity contribution in [2.75, 3.05) is 7.11 Å². The molecule has 1 heterocycles. The number of nitrogens with zero attached hydrogens (tertiary/aromatic N) is 2. The number of aromatic nitrogens is 2. The van der Waals surface area contributed by atoms with Gasteiger partial charge in [-0.05, 0) is 55.0 Å². The van der Waals surface area contributed by atoms with Gasteiger partial charge in [-0.25, -0.2) is 0 Å². The Bertz CT molecular complexity index is 906. The second-order valence-electron chi connectivity index (χ2n) is 5.62. The standard InChI is InChI=1S/C19H17ClN2O4/c1-12-11-14(20)5-8-16(12)25-18(23)10-9-17-21-19(22-26-17)13-3-6-15(24-2)7-4-13/h3-8,11H,9-10H2,1-2H3. The van der Waals surface area contributed by atoms with Gasteiger partial charge in [-0.1, -0.05) is 16.8 Å². The Kier molecular flexibility index (Phi) is 5.53. The van der Waals surface area contributed by atoms with Crippen LogP contribution >= 0.6 is 11.6 Å². The van der Waals surface area contributed by atoms with E-state index in [9.17, 15) is 4.79 Å².